The monoisotopic (exact) mass is 324 g/mol. The predicted molar refractivity (Wildman–Crippen MR) is 95.1 cm³/mol. The second-order valence-electron chi connectivity index (χ2n) is 5.92. The molecule has 0 atom stereocenters. The average Bonchev–Trinajstić information content (AvgIpc) is 2.60. The van der Waals surface area contributed by atoms with Crippen molar-refractivity contribution >= 4 is 11.0 Å². The van der Waals surface area contributed by atoms with Crippen LogP contribution in [0.1, 0.15) is 25.3 Å². The van der Waals surface area contributed by atoms with Gasteiger partial charge >= 0.3 is 0 Å². The molecule has 0 bridgehead atoms. The van der Waals surface area contributed by atoms with Crippen LogP contribution >= 0.6 is 0 Å². The Hall–Kier alpha value is -2.75. The van der Waals surface area contributed by atoms with Crippen LogP contribution in [0, 0.1) is 0 Å². The van der Waals surface area contributed by atoms with E-state index < -0.39 is 0 Å². The van der Waals surface area contributed by atoms with Gasteiger partial charge in [-0.2, -0.15) is 0 Å². The maximum atomic E-state index is 12.3. The molecule has 1 heterocycles. The zero-order chi connectivity index (χ0) is 17.3. The Morgan fingerprint density at radius 3 is 2.17 bits per heavy atom. The van der Waals surface area contributed by atoms with Crippen molar-refractivity contribution in [3.8, 4) is 22.8 Å². The highest BCUT2D eigenvalue weighted by molar-refractivity contribution is 5.79. The molecule has 0 aliphatic heterocycles. The summed E-state index contributed by atoms with van der Waals surface area (Å²) in [5, 5.41) is 0.569. The molecule has 0 saturated heterocycles. The van der Waals surface area contributed by atoms with Gasteiger partial charge in [0.1, 0.15) is 22.8 Å². The summed E-state index contributed by atoms with van der Waals surface area (Å²) in [7, 11) is 3.25. The lowest BCUT2D eigenvalue weighted by atomic mass is 9.97. The van der Waals surface area contributed by atoms with Gasteiger partial charge in [0.15, 0.2) is 5.43 Å². The fraction of sp³-hybridized carbons (Fsp3) is 0.250. The second-order valence-corrected chi connectivity index (χ2v) is 5.92. The van der Waals surface area contributed by atoms with Crippen LogP contribution in [0.15, 0.2) is 51.7 Å². The molecule has 0 amide bonds. The van der Waals surface area contributed by atoms with Crippen LogP contribution in [0.2, 0.25) is 0 Å². The minimum absolute atomic E-state index is 0.0716. The molecule has 0 aliphatic rings. The minimum atomic E-state index is -0.0716. The summed E-state index contributed by atoms with van der Waals surface area (Å²) in [6.07, 6.45) is 0. The molecule has 0 aliphatic carbocycles. The Kier molecular flexibility index (Phi) is 4.30. The van der Waals surface area contributed by atoms with Gasteiger partial charge < -0.3 is 13.9 Å². The van der Waals surface area contributed by atoms with Crippen LogP contribution < -0.4 is 14.9 Å². The van der Waals surface area contributed by atoms with Gasteiger partial charge in [0.05, 0.1) is 19.6 Å². The van der Waals surface area contributed by atoms with Gasteiger partial charge in [-0.15, -0.1) is 0 Å². The van der Waals surface area contributed by atoms with Gasteiger partial charge in [0, 0.05) is 17.2 Å². The maximum Gasteiger partial charge on any atom is 0.193 e. The van der Waals surface area contributed by atoms with E-state index in [1.165, 1.54) is 6.07 Å². The van der Waals surface area contributed by atoms with Crippen molar-refractivity contribution in [1.29, 1.82) is 0 Å². The average molecular weight is 324 g/mol. The van der Waals surface area contributed by atoms with E-state index in [4.69, 9.17) is 13.9 Å². The molecule has 124 valence electrons. The van der Waals surface area contributed by atoms with E-state index in [0.717, 1.165) is 22.6 Å². The number of methoxy groups -OCH3 is 2. The Morgan fingerprint density at radius 2 is 1.58 bits per heavy atom. The molecule has 3 rings (SSSR count). The Balaban J connectivity index is 2.25. The van der Waals surface area contributed by atoms with Crippen molar-refractivity contribution in [3.63, 3.8) is 0 Å². The van der Waals surface area contributed by atoms with E-state index in [-0.39, 0.29) is 11.3 Å². The first-order valence-corrected chi connectivity index (χ1v) is 7.84. The molecule has 24 heavy (non-hydrogen) atoms. The summed E-state index contributed by atoms with van der Waals surface area (Å²) in [6.45, 7) is 4.16. The first-order valence-electron chi connectivity index (χ1n) is 7.84. The maximum absolute atomic E-state index is 12.3. The lowest BCUT2D eigenvalue weighted by Crippen LogP contribution is -2.02. The first-order chi connectivity index (χ1) is 11.5. The van der Waals surface area contributed by atoms with Crippen LogP contribution in [0.3, 0.4) is 0 Å². The van der Waals surface area contributed by atoms with E-state index in [2.05, 4.69) is 13.8 Å². The number of benzene rings is 2. The minimum Gasteiger partial charge on any atom is -0.496 e. The van der Waals surface area contributed by atoms with Gasteiger partial charge in [-0.25, -0.2) is 0 Å². The Labute approximate surface area is 140 Å². The van der Waals surface area contributed by atoms with Crippen LogP contribution in [0.25, 0.3) is 22.3 Å². The zero-order valence-electron chi connectivity index (χ0n) is 14.3. The van der Waals surface area contributed by atoms with Gasteiger partial charge in [-0.3, -0.25) is 4.79 Å². The highest BCUT2D eigenvalue weighted by Gasteiger charge is 2.18. The predicted octanol–water partition coefficient (Wildman–Crippen LogP) is 4.60. The SMILES string of the molecule is COc1cc(-c2cc(=O)c3ccccc3o2)cc(OC)c1C(C)C. The van der Waals surface area contributed by atoms with E-state index in [1.807, 2.05) is 24.3 Å². The summed E-state index contributed by atoms with van der Waals surface area (Å²) in [5.74, 6) is 2.17. The van der Waals surface area contributed by atoms with Crippen LogP contribution in [-0.2, 0) is 0 Å². The third-order valence-corrected chi connectivity index (χ3v) is 4.04. The summed E-state index contributed by atoms with van der Waals surface area (Å²) < 4.78 is 17.0. The van der Waals surface area contributed by atoms with Crippen LogP contribution in [0.5, 0.6) is 11.5 Å². The fourth-order valence-electron chi connectivity index (χ4n) is 2.90. The van der Waals surface area contributed by atoms with E-state index in [1.54, 1.807) is 26.4 Å². The first kappa shape index (κ1) is 16.1. The topological polar surface area (TPSA) is 48.7 Å². The summed E-state index contributed by atoms with van der Waals surface area (Å²) in [4.78, 5) is 12.3. The van der Waals surface area contributed by atoms with Gasteiger partial charge in [0.2, 0.25) is 0 Å². The third kappa shape index (κ3) is 2.75. The molecule has 0 saturated carbocycles. The van der Waals surface area contributed by atoms with Crippen molar-refractivity contribution in [1.82, 2.24) is 0 Å². The second kappa shape index (κ2) is 6.40. The number of ether oxygens (including phenoxy) is 2. The van der Waals surface area contributed by atoms with Crippen molar-refractivity contribution in [3.05, 3.63) is 58.3 Å². The molecule has 0 N–H and O–H groups in total. The highest BCUT2D eigenvalue weighted by atomic mass is 16.5. The smallest absolute Gasteiger partial charge is 0.193 e. The highest BCUT2D eigenvalue weighted by Crippen LogP contribution is 2.39. The van der Waals surface area contributed by atoms with E-state index in [0.29, 0.717) is 16.7 Å². The number of hydrogen-bond acceptors (Lipinski definition) is 4. The number of fused-ring (bicyclic) bond motifs is 1. The number of hydrogen-bond donors (Lipinski definition) is 0. The number of para-hydroxylation sites is 1. The van der Waals surface area contributed by atoms with E-state index in [9.17, 15) is 4.79 Å². The fourth-order valence-corrected chi connectivity index (χ4v) is 2.90. The van der Waals surface area contributed by atoms with Gasteiger partial charge in [-0.05, 0) is 30.2 Å². The van der Waals surface area contributed by atoms with E-state index >= 15 is 0 Å². The lowest BCUT2D eigenvalue weighted by Gasteiger charge is -2.17. The van der Waals surface area contributed by atoms with Crippen molar-refractivity contribution in [2.75, 3.05) is 14.2 Å². The molecule has 1 aromatic heterocycles. The van der Waals surface area contributed by atoms with Crippen LogP contribution in [-0.4, -0.2) is 14.2 Å². The molecular weight excluding hydrogens is 304 g/mol. The normalized spacial score (nSPS) is 11.0. The van der Waals surface area contributed by atoms with Crippen molar-refractivity contribution in [2.45, 2.75) is 19.8 Å². The molecule has 2 aromatic carbocycles. The Bertz CT molecular complexity index is 913. The third-order valence-electron chi connectivity index (χ3n) is 4.04. The molecule has 0 radical (unpaired) electrons. The quantitative estimate of drug-likeness (QED) is 0.703. The van der Waals surface area contributed by atoms with Crippen LogP contribution in [0.4, 0.5) is 0 Å². The standard InChI is InChI=1S/C20H20O4/c1-12(2)20-18(22-3)9-13(10-19(20)23-4)17-11-15(21)14-7-5-6-8-16(14)24-17/h5-12H,1-4H3. The Morgan fingerprint density at radius 1 is 0.958 bits per heavy atom. The molecule has 0 unspecified atom stereocenters. The summed E-state index contributed by atoms with van der Waals surface area (Å²) >= 11 is 0. The molecular formula is C20H20O4. The molecule has 0 spiro atoms. The van der Waals surface area contributed by atoms with Gasteiger partial charge in [-0.1, -0.05) is 26.0 Å². The van der Waals surface area contributed by atoms with Crippen molar-refractivity contribution in [2.24, 2.45) is 0 Å². The lowest BCUT2D eigenvalue weighted by molar-refractivity contribution is 0.382. The summed E-state index contributed by atoms with van der Waals surface area (Å²) in [6, 6.07) is 12.5. The zero-order valence-corrected chi connectivity index (χ0v) is 14.3. The number of rotatable bonds is 4. The van der Waals surface area contributed by atoms with Crippen molar-refractivity contribution < 1.29 is 13.9 Å². The largest absolute Gasteiger partial charge is 0.496 e. The summed E-state index contributed by atoms with van der Waals surface area (Å²) in [5.41, 5.74) is 2.23. The molecule has 3 aromatic rings. The van der Waals surface area contributed by atoms with Gasteiger partial charge in [0.25, 0.3) is 0 Å². The molecule has 0 fully saturated rings. The molecule has 4 nitrogen and oxygen atoms in total. The molecule has 4 heteroatoms.